The van der Waals surface area contributed by atoms with Gasteiger partial charge in [-0.25, -0.2) is 4.68 Å². The van der Waals surface area contributed by atoms with Crippen LogP contribution in [0.1, 0.15) is 22.6 Å². The Balaban J connectivity index is 2.04. The number of aromatic nitrogens is 4. The van der Waals surface area contributed by atoms with E-state index in [9.17, 15) is 4.79 Å². The summed E-state index contributed by atoms with van der Waals surface area (Å²) >= 11 is 6.04. The van der Waals surface area contributed by atoms with Crippen molar-refractivity contribution in [3.8, 4) is 11.4 Å². The van der Waals surface area contributed by atoms with Crippen molar-refractivity contribution >= 4 is 23.5 Å². The third-order valence-electron chi connectivity index (χ3n) is 3.92. The lowest BCUT2D eigenvalue weighted by Crippen LogP contribution is -2.17. The number of aliphatic imine (C=N–C) groups is 1. The molecule has 2 heterocycles. The van der Waals surface area contributed by atoms with Crippen molar-refractivity contribution in [3.63, 3.8) is 0 Å². The average molecular weight is 360 g/mol. The molecule has 0 aliphatic rings. The van der Waals surface area contributed by atoms with Crippen LogP contribution in [0, 0.1) is 20.8 Å². The maximum atomic E-state index is 12.7. The fourth-order valence-electron chi connectivity index (χ4n) is 2.55. The minimum Gasteiger partial charge on any atom is -0.495 e. The van der Waals surface area contributed by atoms with E-state index in [1.54, 1.807) is 24.4 Å². The minimum atomic E-state index is -0.204. The first-order valence-electron chi connectivity index (χ1n) is 7.63. The Bertz CT molecular complexity index is 993. The minimum absolute atomic E-state index is 0.204. The number of hydrogen-bond acceptors (Lipinski definition) is 4. The van der Waals surface area contributed by atoms with Gasteiger partial charge in [-0.3, -0.25) is 20.0 Å². The lowest BCUT2D eigenvalue weighted by molar-refractivity contribution is 0.414. The van der Waals surface area contributed by atoms with E-state index in [0.717, 1.165) is 17.1 Å². The van der Waals surface area contributed by atoms with Gasteiger partial charge in [0.15, 0.2) is 0 Å². The van der Waals surface area contributed by atoms with Crippen molar-refractivity contribution in [1.29, 1.82) is 0 Å². The zero-order chi connectivity index (χ0) is 18.1. The van der Waals surface area contributed by atoms with Crippen LogP contribution in [0.5, 0.6) is 5.75 Å². The molecule has 1 aromatic carbocycles. The molecule has 7 nitrogen and oxygen atoms in total. The van der Waals surface area contributed by atoms with Crippen molar-refractivity contribution in [2.75, 3.05) is 7.11 Å². The van der Waals surface area contributed by atoms with Gasteiger partial charge in [0.25, 0.3) is 5.56 Å². The second-order valence-electron chi connectivity index (χ2n) is 5.65. The molecule has 0 spiro atoms. The Hall–Kier alpha value is -2.80. The zero-order valence-corrected chi connectivity index (χ0v) is 15.1. The Morgan fingerprint density at radius 1 is 1.28 bits per heavy atom. The van der Waals surface area contributed by atoms with Gasteiger partial charge in [0.1, 0.15) is 11.4 Å². The lowest BCUT2D eigenvalue weighted by Gasteiger charge is -2.06. The van der Waals surface area contributed by atoms with Gasteiger partial charge in [-0.2, -0.15) is 5.10 Å². The highest BCUT2D eigenvalue weighted by atomic mass is 35.5. The molecular weight excluding hydrogens is 342 g/mol. The molecule has 0 amide bonds. The smallest absolute Gasteiger partial charge is 0.280 e. The van der Waals surface area contributed by atoms with E-state index < -0.39 is 0 Å². The summed E-state index contributed by atoms with van der Waals surface area (Å²) in [7, 11) is 1.53. The largest absolute Gasteiger partial charge is 0.495 e. The fraction of sp³-hybridized carbons (Fsp3) is 0.235. The number of methoxy groups -OCH3 is 1. The van der Waals surface area contributed by atoms with Crippen molar-refractivity contribution in [2.45, 2.75) is 20.8 Å². The molecular formula is C17H18ClN5O2. The second-order valence-corrected chi connectivity index (χ2v) is 6.06. The highest BCUT2D eigenvalue weighted by Gasteiger charge is 2.13. The number of aromatic amines is 2. The van der Waals surface area contributed by atoms with E-state index in [4.69, 9.17) is 16.3 Å². The van der Waals surface area contributed by atoms with Crippen LogP contribution >= 0.6 is 11.6 Å². The first-order chi connectivity index (χ1) is 11.9. The molecule has 2 aromatic heterocycles. The standard InChI is InChI=1S/C17H18ClN5O2/c1-9-13(8-19-16-10(2)20-21-11(16)3)17(24)23(22-9)12-5-6-14(18)15(7-12)25-4/h5-8,22H,1-4H3,(H,20,21). The molecule has 0 radical (unpaired) electrons. The van der Waals surface area contributed by atoms with E-state index in [0.29, 0.717) is 27.7 Å². The number of aryl methyl sites for hydroxylation is 3. The van der Waals surface area contributed by atoms with Gasteiger partial charge in [-0.05, 0) is 32.9 Å². The van der Waals surface area contributed by atoms with E-state index in [1.807, 2.05) is 20.8 Å². The number of nitrogens with one attached hydrogen (secondary N) is 2. The van der Waals surface area contributed by atoms with Crippen molar-refractivity contribution in [1.82, 2.24) is 20.0 Å². The van der Waals surface area contributed by atoms with Crippen LogP contribution in [0.2, 0.25) is 5.02 Å². The Kier molecular flexibility index (Phi) is 4.50. The van der Waals surface area contributed by atoms with E-state index >= 15 is 0 Å². The molecule has 0 aliphatic carbocycles. The molecule has 8 heteroatoms. The van der Waals surface area contributed by atoms with Gasteiger partial charge in [-0.1, -0.05) is 11.6 Å². The molecule has 130 valence electrons. The molecule has 0 bridgehead atoms. The highest BCUT2D eigenvalue weighted by molar-refractivity contribution is 6.32. The molecule has 0 saturated carbocycles. The number of nitrogens with zero attached hydrogens (tertiary/aromatic N) is 3. The summed E-state index contributed by atoms with van der Waals surface area (Å²) in [4.78, 5) is 17.2. The first-order valence-corrected chi connectivity index (χ1v) is 8.01. The number of H-pyrrole nitrogens is 2. The highest BCUT2D eigenvalue weighted by Crippen LogP contribution is 2.26. The van der Waals surface area contributed by atoms with E-state index in [1.165, 1.54) is 11.8 Å². The van der Waals surface area contributed by atoms with E-state index in [2.05, 4.69) is 20.3 Å². The zero-order valence-electron chi connectivity index (χ0n) is 14.3. The average Bonchev–Trinajstić information content (AvgIpc) is 3.06. The monoisotopic (exact) mass is 359 g/mol. The molecule has 2 N–H and O–H groups in total. The van der Waals surface area contributed by atoms with Crippen LogP contribution in [0.25, 0.3) is 5.69 Å². The van der Waals surface area contributed by atoms with Gasteiger partial charge >= 0.3 is 0 Å². The third-order valence-corrected chi connectivity index (χ3v) is 4.23. The summed E-state index contributed by atoms with van der Waals surface area (Å²) in [5.41, 5.74) is 3.98. The SMILES string of the molecule is COc1cc(-n2[nH]c(C)c(C=Nc3c(C)n[nH]c3C)c2=O)ccc1Cl. The van der Waals surface area contributed by atoms with Gasteiger partial charge in [0, 0.05) is 18.0 Å². The number of rotatable bonds is 4. The maximum Gasteiger partial charge on any atom is 0.280 e. The van der Waals surface area contributed by atoms with Crippen LogP contribution in [0.4, 0.5) is 5.69 Å². The molecule has 25 heavy (non-hydrogen) atoms. The van der Waals surface area contributed by atoms with Crippen LogP contribution in [-0.2, 0) is 0 Å². The summed E-state index contributed by atoms with van der Waals surface area (Å²) in [6.07, 6.45) is 1.56. The quantitative estimate of drug-likeness (QED) is 0.701. The fourth-order valence-corrected chi connectivity index (χ4v) is 2.74. The molecule has 0 fully saturated rings. The van der Waals surface area contributed by atoms with Crippen LogP contribution in [-0.4, -0.2) is 33.3 Å². The Morgan fingerprint density at radius 3 is 2.68 bits per heavy atom. The van der Waals surface area contributed by atoms with Gasteiger partial charge in [0.05, 0.1) is 34.8 Å². The number of hydrogen-bond donors (Lipinski definition) is 2. The summed E-state index contributed by atoms with van der Waals surface area (Å²) in [6.45, 7) is 5.56. The lowest BCUT2D eigenvalue weighted by atomic mass is 10.2. The first kappa shape index (κ1) is 17.0. The molecule has 3 rings (SSSR count). The Morgan fingerprint density at radius 2 is 2.04 bits per heavy atom. The maximum absolute atomic E-state index is 12.7. The van der Waals surface area contributed by atoms with Crippen LogP contribution in [0.15, 0.2) is 28.0 Å². The summed E-state index contributed by atoms with van der Waals surface area (Å²) < 4.78 is 6.64. The summed E-state index contributed by atoms with van der Waals surface area (Å²) in [5.74, 6) is 0.498. The van der Waals surface area contributed by atoms with Gasteiger partial charge in [0.2, 0.25) is 0 Å². The number of benzene rings is 1. The molecule has 0 aliphatic heterocycles. The predicted molar refractivity (Wildman–Crippen MR) is 98.0 cm³/mol. The van der Waals surface area contributed by atoms with Crippen molar-refractivity contribution in [2.24, 2.45) is 4.99 Å². The van der Waals surface area contributed by atoms with Crippen molar-refractivity contribution < 1.29 is 4.74 Å². The number of ether oxygens (including phenoxy) is 1. The molecule has 3 aromatic rings. The molecule has 0 unspecified atom stereocenters. The second kappa shape index (κ2) is 6.60. The van der Waals surface area contributed by atoms with Crippen LogP contribution < -0.4 is 10.3 Å². The molecule has 0 saturated heterocycles. The Labute approximate surface area is 149 Å². The molecule has 0 atom stereocenters. The summed E-state index contributed by atoms with van der Waals surface area (Å²) in [5, 5.41) is 10.5. The van der Waals surface area contributed by atoms with Gasteiger partial charge < -0.3 is 4.74 Å². The van der Waals surface area contributed by atoms with Crippen molar-refractivity contribution in [3.05, 3.63) is 56.2 Å². The topological polar surface area (TPSA) is 88.1 Å². The normalized spacial score (nSPS) is 11.4. The summed E-state index contributed by atoms with van der Waals surface area (Å²) in [6, 6.07) is 5.13. The number of halogens is 1. The predicted octanol–water partition coefficient (Wildman–Crippen LogP) is 3.23. The van der Waals surface area contributed by atoms with Gasteiger partial charge in [-0.15, -0.1) is 0 Å². The van der Waals surface area contributed by atoms with E-state index in [-0.39, 0.29) is 5.56 Å². The van der Waals surface area contributed by atoms with Crippen LogP contribution in [0.3, 0.4) is 0 Å². The third kappa shape index (κ3) is 3.10.